The van der Waals surface area contributed by atoms with Gasteiger partial charge in [-0.25, -0.2) is 9.18 Å². The zero-order valence-electron chi connectivity index (χ0n) is 15.8. The molecule has 0 saturated heterocycles. The third-order valence-electron chi connectivity index (χ3n) is 4.79. The van der Waals surface area contributed by atoms with Crippen LogP contribution in [0.5, 0.6) is 11.5 Å². The molecule has 1 aliphatic heterocycles. The van der Waals surface area contributed by atoms with Crippen molar-refractivity contribution in [2.75, 3.05) is 12.4 Å². The molecule has 0 fully saturated rings. The van der Waals surface area contributed by atoms with Crippen LogP contribution < -0.4 is 14.8 Å². The molecule has 2 heterocycles. The minimum atomic E-state index is -1.18. The fourth-order valence-corrected chi connectivity index (χ4v) is 4.25. The van der Waals surface area contributed by atoms with E-state index in [9.17, 15) is 19.1 Å². The van der Waals surface area contributed by atoms with Crippen LogP contribution in [0, 0.1) is 5.82 Å². The highest BCUT2D eigenvalue weighted by atomic mass is 32.1. The lowest BCUT2D eigenvalue weighted by Gasteiger charge is -2.23. The molecule has 1 atom stereocenters. The number of halogens is 1. The molecule has 2 N–H and O–H groups in total. The quantitative estimate of drug-likeness (QED) is 0.615. The SMILES string of the molecule is COc1cc([C@H]2CC(=O)Nc3c(C(=O)O)nsc32)ccc1OCc1ccc(F)cc1. The molecule has 7 nitrogen and oxygen atoms in total. The molecule has 3 aromatic rings. The van der Waals surface area contributed by atoms with Crippen LogP contribution in [0.4, 0.5) is 10.1 Å². The summed E-state index contributed by atoms with van der Waals surface area (Å²) >= 11 is 1.06. The average molecular weight is 428 g/mol. The van der Waals surface area contributed by atoms with Crippen molar-refractivity contribution >= 4 is 29.1 Å². The van der Waals surface area contributed by atoms with E-state index in [0.29, 0.717) is 16.4 Å². The first kappa shape index (κ1) is 19.8. The molecule has 0 saturated carbocycles. The van der Waals surface area contributed by atoms with Gasteiger partial charge in [0, 0.05) is 12.3 Å². The van der Waals surface area contributed by atoms with Gasteiger partial charge in [-0.3, -0.25) is 4.79 Å². The van der Waals surface area contributed by atoms with Crippen molar-refractivity contribution in [1.82, 2.24) is 4.37 Å². The van der Waals surface area contributed by atoms with Gasteiger partial charge in [0.2, 0.25) is 5.91 Å². The molecular formula is C21H17FN2O5S. The first-order chi connectivity index (χ1) is 14.5. The second-order valence-corrected chi connectivity index (χ2v) is 7.51. The minimum Gasteiger partial charge on any atom is -0.493 e. The Morgan fingerprint density at radius 3 is 2.73 bits per heavy atom. The number of amides is 1. The van der Waals surface area contributed by atoms with E-state index in [1.54, 1.807) is 24.3 Å². The van der Waals surface area contributed by atoms with Gasteiger partial charge in [-0.15, -0.1) is 0 Å². The molecule has 9 heteroatoms. The van der Waals surface area contributed by atoms with E-state index in [1.165, 1.54) is 19.2 Å². The van der Waals surface area contributed by atoms with Crippen LogP contribution in [-0.4, -0.2) is 28.5 Å². The lowest BCUT2D eigenvalue weighted by atomic mass is 9.90. The van der Waals surface area contributed by atoms with Crippen LogP contribution in [-0.2, 0) is 11.4 Å². The van der Waals surface area contributed by atoms with Crippen molar-refractivity contribution < 1.29 is 28.6 Å². The van der Waals surface area contributed by atoms with Crippen molar-refractivity contribution in [2.24, 2.45) is 0 Å². The lowest BCUT2D eigenvalue weighted by Crippen LogP contribution is -2.23. The second-order valence-electron chi connectivity index (χ2n) is 6.71. The number of fused-ring (bicyclic) bond motifs is 1. The van der Waals surface area contributed by atoms with Gasteiger partial charge in [-0.1, -0.05) is 18.2 Å². The summed E-state index contributed by atoms with van der Waals surface area (Å²) in [5, 5.41) is 11.9. The average Bonchev–Trinajstić information content (AvgIpc) is 3.16. The Hall–Kier alpha value is -3.46. The predicted molar refractivity (Wildman–Crippen MR) is 108 cm³/mol. The molecular weight excluding hydrogens is 411 g/mol. The van der Waals surface area contributed by atoms with Gasteiger partial charge >= 0.3 is 5.97 Å². The van der Waals surface area contributed by atoms with E-state index >= 15 is 0 Å². The van der Waals surface area contributed by atoms with Crippen molar-refractivity contribution in [2.45, 2.75) is 18.9 Å². The summed E-state index contributed by atoms with van der Waals surface area (Å²) in [4.78, 5) is 24.2. The van der Waals surface area contributed by atoms with Crippen LogP contribution in [0.15, 0.2) is 42.5 Å². The molecule has 154 valence electrons. The van der Waals surface area contributed by atoms with Gasteiger partial charge in [0.1, 0.15) is 12.4 Å². The minimum absolute atomic E-state index is 0.153. The van der Waals surface area contributed by atoms with E-state index in [1.807, 2.05) is 6.07 Å². The number of ether oxygens (including phenoxy) is 2. The zero-order valence-corrected chi connectivity index (χ0v) is 16.7. The van der Waals surface area contributed by atoms with Gasteiger partial charge in [0.15, 0.2) is 17.2 Å². The highest BCUT2D eigenvalue weighted by Crippen LogP contribution is 2.43. The number of aromatic carboxylic acids is 1. The van der Waals surface area contributed by atoms with E-state index in [4.69, 9.17) is 9.47 Å². The van der Waals surface area contributed by atoms with Gasteiger partial charge in [-0.05, 0) is 46.9 Å². The van der Waals surface area contributed by atoms with Crippen molar-refractivity contribution in [3.63, 3.8) is 0 Å². The molecule has 1 aliphatic rings. The summed E-state index contributed by atoms with van der Waals surface area (Å²) in [5.74, 6) is -1.13. The maximum atomic E-state index is 13.0. The first-order valence-corrected chi connectivity index (χ1v) is 9.81. The van der Waals surface area contributed by atoms with E-state index in [0.717, 1.165) is 22.7 Å². The standard InChI is InChI=1S/C21H17FN2O5S/c1-28-16-8-12(4-7-15(16)29-10-11-2-5-13(22)6-3-11)14-9-17(25)23-18-19(21(26)27)24-30-20(14)18/h2-8,14H,9-10H2,1H3,(H,23,25)(H,26,27)/t14-/m1/s1. The zero-order chi connectivity index (χ0) is 21.3. The summed E-state index contributed by atoms with van der Waals surface area (Å²) in [7, 11) is 1.51. The van der Waals surface area contributed by atoms with Gasteiger partial charge in [-0.2, -0.15) is 4.37 Å². The van der Waals surface area contributed by atoms with Gasteiger partial charge in [0.25, 0.3) is 0 Å². The Kier molecular flexibility index (Phi) is 5.37. The number of hydrogen-bond donors (Lipinski definition) is 2. The van der Waals surface area contributed by atoms with Gasteiger partial charge < -0.3 is 19.9 Å². The Balaban J connectivity index is 1.61. The maximum absolute atomic E-state index is 13.0. The predicted octanol–water partition coefficient (Wildman–Crippen LogP) is 4.04. The number of nitrogens with one attached hydrogen (secondary N) is 1. The Morgan fingerprint density at radius 2 is 2.03 bits per heavy atom. The maximum Gasteiger partial charge on any atom is 0.357 e. The highest BCUT2D eigenvalue weighted by molar-refractivity contribution is 7.06. The van der Waals surface area contributed by atoms with E-state index in [2.05, 4.69) is 9.69 Å². The van der Waals surface area contributed by atoms with E-state index in [-0.39, 0.29) is 42.1 Å². The molecule has 4 rings (SSSR count). The number of anilines is 1. The topological polar surface area (TPSA) is 97.8 Å². The number of carboxylic acid groups (broad SMARTS) is 1. The molecule has 30 heavy (non-hydrogen) atoms. The van der Waals surface area contributed by atoms with E-state index < -0.39 is 5.97 Å². The van der Waals surface area contributed by atoms with Crippen LogP contribution in [0.3, 0.4) is 0 Å². The summed E-state index contributed by atoms with van der Waals surface area (Å²) in [6, 6.07) is 11.3. The third kappa shape index (κ3) is 3.84. The Bertz CT molecular complexity index is 1110. The first-order valence-electron chi connectivity index (χ1n) is 9.04. The molecule has 0 unspecified atom stereocenters. The fourth-order valence-electron chi connectivity index (χ4n) is 3.31. The number of hydrogen-bond acceptors (Lipinski definition) is 6. The van der Waals surface area contributed by atoms with Crippen LogP contribution in [0.2, 0.25) is 0 Å². The highest BCUT2D eigenvalue weighted by Gasteiger charge is 2.33. The van der Waals surface area contributed by atoms with Crippen molar-refractivity contribution in [3.05, 3.63) is 70.0 Å². The normalized spacial score (nSPS) is 15.3. The number of benzene rings is 2. The van der Waals surface area contributed by atoms with Crippen LogP contribution in [0.1, 0.15) is 38.8 Å². The second kappa shape index (κ2) is 8.11. The smallest absolute Gasteiger partial charge is 0.357 e. The Labute approximate surface area is 175 Å². The molecule has 1 amide bonds. The van der Waals surface area contributed by atoms with Crippen LogP contribution in [0.25, 0.3) is 0 Å². The monoisotopic (exact) mass is 428 g/mol. The number of carboxylic acids is 1. The Morgan fingerprint density at radius 1 is 1.27 bits per heavy atom. The molecule has 1 aromatic heterocycles. The number of rotatable bonds is 6. The number of methoxy groups -OCH3 is 1. The van der Waals surface area contributed by atoms with Crippen molar-refractivity contribution in [3.8, 4) is 11.5 Å². The largest absolute Gasteiger partial charge is 0.493 e. The number of aromatic nitrogens is 1. The molecule has 0 spiro atoms. The number of carbonyl (C=O) groups is 2. The number of carbonyl (C=O) groups excluding carboxylic acids is 1. The summed E-state index contributed by atoms with van der Waals surface area (Å²) in [5.41, 5.74) is 1.70. The van der Waals surface area contributed by atoms with Gasteiger partial charge in [0.05, 0.1) is 17.7 Å². The summed E-state index contributed by atoms with van der Waals surface area (Å²) in [6.07, 6.45) is 0.174. The molecule has 2 aromatic carbocycles. The molecule has 0 radical (unpaired) electrons. The number of nitrogens with zero attached hydrogens (tertiary/aromatic N) is 1. The van der Waals surface area contributed by atoms with Crippen LogP contribution >= 0.6 is 11.5 Å². The summed E-state index contributed by atoms with van der Waals surface area (Å²) in [6.45, 7) is 0.239. The third-order valence-corrected chi connectivity index (χ3v) is 5.75. The fraction of sp³-hybridized carbons (Fsp3) is 0.190. The summed E-state index contributed by atoms with van der Waals surface area (Å²) < 4.78 is 28.3. The molecule has 0 bridgehead atoms. The van der Waals surface area contributed by atoms with Crippen molar-refractivity contribution in [1.29, 1.82) is 0 Å². The molecule has 0 aliphatic carbocycles. The lowest BCUT2D eigenvalue weighted by molar-refractivity contribution is -0.116.